The quantitative estimate of drug-likeness (QED) is 0.864. The predicted octanol–water partition coefficient (Wildman–Crippen LogP) is 2.50. The number of nitrogens with one attached hydrogen (secondary N) is 1. The van der Waals surface area contributed by atoms with Gasteiger partial charge in [0, 0.05) is 5.56 Å². The minimum absolute atomic E-state index is 0.307. The van der Waals surface area contributed by atoms with Crippen molar-refractivity contribution in [2.45, 2.75) is 0 Å². The molecule has 1 amide bonds. The molecule has 2 aliphatic rings. The van der Waals surface area contributed by atoms with E-state index >= 15 is 0 Å². The number of amides is 1. The van der Waals surface area contributed by atoms with Crippen LogP contribution < -0.4 is 5.32 Å². The largest absolute Gasteiger partial charge is 0.421 e. The van der Waals surface area contributed by atoms with Crippen LogP contribution >= 0.6 is 0 Å². The van der Waals surface area contributed by atoms with Gasteiger partial charge in [-0.2, -0.15) is 0 Å². The van der Waals surface area contributed by atoms with Crippen molar-refractivity contribution < 1.29 is 14.3 Å². The predicted molar refractivity (Wildman–Crippen MR) is 81.0 cm³/mol. The van der Waals surface area contributed by atoms with Crippen molar-refractivity contribution in [3.63, 3.8) is 0 Å². The van der Waals surface area contributed by atoms with Crippen LogP contribution in [0, 0.1) is 0 Å². The van der Waals surface area contributed by atoms with Gasteiger partial charge in [0.2, 0.25) is 0 Å². The molecule has 0 saturated heterocycles. The molecule has 106 valence electrons. The lowest BCUT2D eigenvalue weighted by Crippen LogP contribution is -2.16. The van der Waals surface area contributed by atoms with Crippen LogP contribution in [0.4, 0.5) is 0 Å². The van der Waals surface area contributed by atoms with Crippen molar-refractivity contribution in [3.8, 4) is 0 Å². The molecule has 0 atom stereocenters. The summed E-state index contributed by atoms with van der Waals surface area (Å²) in [4.78, 5) is 24.6. The first kappa shape index (κ1) is 12.6. The molecule has 1 N–H and O–H groups in total. The van der Waals surface area contributed by atoms with E-state index in [0.717, 1.165) is 5.56 Å². The fourth-order valence-corrected chi connectivity index (χ4v) is 2.71. The fraction of sp³-hybridized carbons (Fsp3) is 0. The Morgan fingerprint density at radius 3 is 1.95 bits per heavy atom. The number of ether oxygens (including phenoxy) is 1. The highest BCUT2D eigenvalue weighted by Crippen LogP contribution is 2.40. The zero-order valence-corrected chi connectivity index (χ0v) is 11.5. The van der Waals surface area contributed by atoms with E-state index in [1.54, 1.807) is 0 Å². The van der Waals surface area contributed by atoms with Crippen molar-refractivity contribution in [1.82, 2.24) is 5.32 Å². The van der Waals surface area contributed by atoms with Crippen LogP contribution in [0.5, 0.6) is 0 Å². The third kappa shape index (κ3) is 1.78. The second-order valence-corrected chi connectivity index (χ2v) is 5.03. The van der Waals surface area contributed by atoms with Gasteiger partial charge in [-0.3, -0.25) is 4.79 Å². The summed E-state index contributed by atoms with van der Waals surface area (Å²) in [6, 6.07) is 18.4. The summed E-state index contributed by atoms with van der Waals surface area (Å²) in [5, 5.41) is 2.78. The molecule has 4 rings (SSSR count). The van der Waals surface area contributed by atoms with E-state index in [1.807, 2.05) is 60.7 Å². The van der Waals surface area contributed by atoms with Crippen LogP contribution in [0.1, 0.15) is 11.1 Å². The Bertz CT molecular complexity index is 775. The number of fused-ring (bicyclic) bond motifs is 1. The van der Waals surface area contributed by atoms with E-state index in [4.69, 9.17) is 4.74 Å². The average Bonchev–Trinajstić information content (AvgIpc) is 3.09. The fourth-order valence-electron chi connectivity index (χ4n) is 2.71. The minimum atomic E-state index is -0.494. The maximum Gasteiger partial charge on any atom is 0.346 e. The molecular formula is C18H11NO3. The molecule has 2 aliphatic heterocycles. The molecule has 4 heteroatoms. The monoisotopic (exact) mass is 289 g/mol. The SMILES string of the molecule is O=C1NC(c2ccccc2)=C2C(=O)OC(c3ccccc3)=C12. The second kappa shape index (κ2) is 4.70. The molecule has 0 fully saturated rings. The summed E-state index contributed by atoms with van der Waals surface area (Å²) in [6.07, 6.45) is 0. The lowest BCUT2D eigenvalue weighted by atomic mass is 10.0. The first-order chi connectivity index (χ1) is 10.8. The molecule has 0 unspecified atom stereocenters. The standard InChI is InChI=1S/C18H11NO3/c20-17-14-13(15(19-17)11-7-3-1-4-8-11)18(21)22-16(14)12-9-5-2-6-10-12/h1-10H,(H,19,20). The molecule has 2 aromatic carbocycles. The smallest absolute Gasteiger partial charge is 0.346 e. The number of benzene rings is 2. The molecule has 0 radical (unpaired) electrons. The topological polar surface area (TPSA) is 55.4 Å². The van der Waals surface area contributed by atoms with Crippen molar-refractivity contribution in [2.24, 2.45) is 0 Å². The molecule has 0 bridgehead atoms. The maximum atomic E-state index is 12.3. The summed E-state index contributed by atoms with van der Waals surface area (Å²) in [5.74, 6) is -0.478. The Morgan fingerprint density at radius 2 is 1.32 bits per heavy atom. The third-order valence-electron chi connectivity index (χ3n) is 3.69. The summed E-state index contributed by atoms with van der Waals surface area (Å²) in [6.45, 7) is 0. The van der Waals surface area contributed by atoms with E-state index < -0.39 is 5.97 Å². The zero-order valence-electron chi connectivity index (χ0n) is 11.5. The van der Waals surface area contributed by atoms with Gasteiger partial charge in [-0.05, 0) is 5.56 Å². The van der Waals surface area contributed by atoms with Crippen LogP contribution in [0.3, 0.4) is 0 Å². The van der Waals surface area contributed by atoms with Crippen LogP contribution in [0.15, 0.2) is 71.8 Å². The van der Waals surface area contributed by atoms with Gasteiger partial charge in [0.25, 0.3) is 5.91 Å². The van der Waals surface area contributed by atoms with Crippen molar-refractivity contribution in [1.29, 1.82) is 0 Å². The third-order valence-corrected chi connectivity index (χ3v) is 3.69. The summed E-state index contributed by atoms with van der Waals surface area (Å²) in [5.41, 5.74) is 2.64. The number of hydrogen-bond donors (Lipinski definition) is 1. The summed E-state index contributed by atoms with van der Waals surface area (Å²) >= 11 is 0. The summed E-state index contributed by atoms with van der Waals surface area (Å²) in [7, 11) is 0. The Hall–Kier alpha value is -3.14. The van der Waals surface area contributed by atoms with Gasteiger partial charge in [0.15, 0.2) is 5.76 Å². The first-order valence-corrected chi connectivity index (χ1v) is 6.89. The van der Waals surface area contributed by atoms with Crippen LogP contribution in [-0.2, 0) is 14.3 Å². The lowest BCUT2D eigenvalue weighted by molar-refractivity contribution is -0.131. The highest BCUT2D eigenvalue weighted by atomic mass is 16.5. The number of hydrogen-bond acceptors (Lipinski definition) is 3. The Labute approximate surface area is 126 Å². The molecule has 2 heterocycles. The Morgan fingerprint density at radius 1 is 0.727 bits per heavy atom. The van der Waals surface area contributed by atoms with Crippen molar-refractivity contribution in [2.75, 3.05) is 0 Å². The van der Waals surface area contributed by atoms with E-state index in [1.165, 1.54) is 0 Å². The highest BCUT2D eigenvalue weighted by molar-refractivity contribution is 6.27. The summed E-state index contributed by atoms with van der Waals surface area (Å²) < 4.78 is 5.36. The molecule has 0 aromatic heterocycles. The van der Waals surface area contributed by atoms with Gasteiger partial charge in [0.05, 0.1) is 11.3 Å². The Balaban J connectivity index is 1.93. The number of carbonyl (C=O) groups is 2. The normalized spacial score (nSPS) is 16.7. The Kier molecular flexibility index (Phi) is 2.69. The number of cyclic esters (lactones) is 1. The molecule has 2 aromatic rings. The van der Waals surface area contributed by atoms with Gasteiger partial charge < -0.3 is 10.1 Å². The number of carbonyl (C=O) groups excluding carboxylic acids is 2. The highest BCUT2D eigenvalue weighted by Gasteiger charge is 2.42. The van der Waals surface area contributed by atoms with E-state index in [9.17, 15) is 9.59 Å². The molecule has 0 aliphatic carbocycles. The van der Waals surface area contributed by atoms with Crippen molar-refractivity contribution >= 4 is 23.3 Å². The zero-order chi connectivity index (χ0) is 15.1. The number of rotatable bonds is 2. The van der Waals surface area contributed by atoms with Gasteiger partial charge in [-0.25, -0.2) is 4.79 Å². The van der Waals surface area contributed by atoms with Gasteiger partial charge in [-0.15, -0.1) is 0 Å². The van der Waals surface area contributed by atoms with Crippen LogP contribution in [0.25, 0.3) is 11.5 Å². The molecule has 4 nitrogen and oxygen atoms in total. The van der Waals surface area contributed by atoms with Gasteiger partial charge in [0.1, 0.15) is 5.57 Å². The van der Waals surface area contributed by atoms with Gasteiger partial charge in [-0.1, -0.05) is 60.7 Å². The van der Waals surface area contributed by atoms with Crippen LogP contribution in [0.2, 0.25) is 0 Å². The molecular weight excluding hydrogens is 278 g/mol. The number of esters is 1. The van der Waals surface area contributed by atoms with E-state index in [-0.39, 0.29) is 5.91 Å². The average molecular weight is 289 g/mol. The van der Waals surface area contributed by atoms with E-state index in [0.29, 0.717) is 28.2 Å². The van der Waals surface area contributed by atoms with Crippen molar-refractivity contribution in [3.05, 3.63) is 82.9 Å². The first-order valence-electron chi connectivity index (χ1n) is 6.89. The molecule has 22 heavy (non-hydrogen) atoms. The second-order valence-electron chi connectivity index (χ2n) is 5.03. The molecule has 0 saturated carbocycles. The minimum Gasteiger partial charge on any atom is -0.421 e. The van der Waals surface area contributed by atoms with Crippen LogP contribution in [-0.4, -0.2) is 11.9 Å². The molecule has 0 spiro atoms. The lowest BCUT2D eigenvalue weighted by Gasteiger charge is -2.06. The van der Waals surface area contributed by atoms with E-state index in [2.05, 4.69) is 5.32 Å². The van der Waals surface area contributed by atoms with Gasteiger partial charge >= 0.3 is 5.97 Å². The maximum absolute atomic E-state index is 12.3.